The van der Waals surface area contributed by atoms with Crippen LogP contribution in [0.1, 0.15) is 6.42 Å². The highest BCUT2D eigenvalue weighted by Gasteiger charge is 2.22. The number of aliphatic hydroxyl groups excluding tert-OH is 1. The molecule has 0 fully saturated rings. The fourth-order valence-electron chi connectivity index (χ4n) is 0.615. The van der Waals surface area contributed by atoms with Crippen LogP contribution in [0.25, 0.3) is 0 Å². The minimum absolute atomic E-state index is 0.721. The molecule has 0 heterocycles. The van der Waals surface area contributed by atoms with Crippen LogP contribution in [0.2, 0.25) is 0 Å². The fourth-order valence-corrected chi connectivity index (χ4v) is 0.615. The number of hydrogen-bond acceptors (Lipinski definition) is 4. The van der Waals surface area contributed by atoms with Crippen LogP contribution in [-0.4, -0.2) is 45.8 Å². The molecule has 0 aliphatic rings. The highest BCUT2D eigenvalue weighted by molar-refractivity contribution is 5.87. The summed E-state index contributed by atoms with van der Waals surface area (Å²) in [6.45, 7) is -0.872. The molecule has 7 nitrogen and oxygen atoms in total. The maximum Gasteiger partial charge on any atom is 0.326 e. The van der Waals surface area contributed by atoms with Gasteiger partial charge in [-0.25, -0.2) is 4.79 Å². The molecule has 1 amide bonds. The van der Waals surface area contributed by atoms with E-state index in [9.17, 15) is 14.4 Å². The van der Waals surface area contributed by atoms with E-state index >= 15 is 0 Å². The Morgan fingerprint density at radius 1 is 1.23 bits per heavy atom. The van der Waals surface area contributed by atoms with Crippen LogP contribution in [0.5, 0.6) is 0 Å². The highest BCUT2D eigenvalue weighted by atomic mass is 16.4. The molecule has 74 valence electrons. The highest BCUT2D eigenvalue weighted by Crippen LogP contribution is 1.92. The first-order valence-electron chi connectivity index (χ1n) is 3.32. The summed E-state index contributed by atoms with van der Waals surface area (Å²) in [5, 5.41) is 26.7. The summed E-state index contributed by atoms with van der Waals surface area (Å²) >= 11 is 0. The van der Waals surface area contributed by atoms with Gasteiger partial charge in [0.2, 0.25) is 5.91 Å². The number of carboxylic acids is 2. The molecule has 0 bridgehead atoms. The lowest BCUT2D eigenvalue weighted by Crippen LogP contribution is -2.43. The van der Waals surface area contributed by atoms with Crippen molar-refractivity contribution in [2.24, 2.45) is 0 Å². The molecule has 13 heavy (non-hydrogen) atoms. The predicted octanol–water partition coefficient (Wildman–Crippen LogP) is -1.98. The van der Waals surface area contributed by atoms with Gasteiger partial charge in [0.05, 0.1) is 6.42 Å². The Morgan fingerprint density at radius 3 is 2.08 bits per heavy atom. The first kappa shape index (κ1) is 11.4. The van der Waals surface area contributed by atoms with Gasteiger partial charge in [0.25, 0.3) is 0 Å². The van der Waals surface area contributed by atoms with E-state index in [0.717, 1.165) is 0 Å². The average molecular weight is 191 g/mol. The minimum Gasteiger partial charge on any atom is -0.481 e. The van der Waals surface area contributed by atoms with Gasteiger partial charge in [-0.2, -0.15) is 0 Å². The summed E-state index contributed by atoms with van der Waals surface area (Å²) in [6, 6.07) is -1.50. The van der Waals surface area contributed by atoms with Gasteiger partial charge in [0.1, 0.15) is 12.6 Å². The zero-order valence-electron chi connectivity index (χ0n) is 6.56. The number of carbonyl (C=O) groups is 3. The molecule has 0 unspecified atom stereocenters. The maximum absolute atomic E-state index is 10.5. The van der Waals surface area contributed by atoms with Gasteiger partial charge < -0.3 is 20.6 Å². The molecule has 1 atom stereocenters. The summed E-state index contributed by atoms with van der Waals surface area (Å²) in [5.74, 6) is -3.72. The van der Waals surface area contributed by atoms with Gasteiger partial charge in [-0.1, -0.05) is 0 Å². The summed E-state index contributed by atoms with van der Waals surface area (Å²) in [7, 11) is 0. The lowest BCUT2D eigenvalue weighted by atomic mass is 10.2. The predicted molar refractivity (Wildman–Crippen MR) is 38.9 cm³/mol. The Hall–Kier alpha value is -1.63. The van der Waals surface area contributed by atoms with Gasteiger partial charge >= 0.3 is 11.9 Å². The van der Waals surface area contributed by atoms with E-state index in [0.29, 0.717) is 0 Å². The van der Waals surface area contributed by atoms with Crippen molar-refractivity contribution in [3.05, 3.63) is 0 Å². The first-order valence-corrected chi connectivity index (χ1v) is 3.32. The second-order valence-corrected chi connectivity index (χ2v) is 2.21. The average Bonchev–Trinajstić information content (AvgIpc) is 2.02. The van der Waals surface area contributed by atoms with Gasteiger partial charge in [-0.3, -0.25) is 9.59 Å². The van der Waals surface area contributed by atoms with Gasteiger partial charge in [0.15, 0.2) is 0 Å². The number of aliphatic hydroxyl groups is 1. The van der Waals surface area contributed by atoms with E-state index < -0.39 is 36.9 Å². The third kappa shape index (κ3) is 4.75. The van der Waals surface area contributed by atoms with Crippen LogP contribution in [0, 0.1) is 0 Å². The summed E-state index contributed by atoms with van der Waals surface area (Å²) in [6.07, 6.45) is -0.721. The zero-order chi connectivity index (χ0) is 10.4. The molecule has 0 aromatic rings. The molecular weight excluding hydrogens is 182 g/mol. The molecule has 0 spiro atoms. The van der Waals surface area contributed by atoms with E-state index in [1.54, 1.807) is 0 Å². The molecule has 0 saturated carbocycles. The number of carbonyl (C=O) groups excluding carboxylic acids is 1. The standard InChI is InChI=1S/C6H9NO6/c8-2-4(9)7-3(6(12)13)1-5(10)11/h3,8H,1-2H2,(H,7,9)(H,10,11)(H,12,13)/t3-/m0/s1. The van der Waals surface area contributed by atoms with Crippen molar-refractivity contribution in [2.75, 3.05) is 6.61 Å². The van der Waals surface area contributed by atoms with E-state index in [4.69, 9.17) is 15.3 Å². The van der Waals surface area contributed by atoms with Crippen molar-refractivity contribution < 1.29 is 29.7 Å². The second-order valence-electron chi connectivity index (χ2n) is 2.21. The van der Waals surface area contributed by atoms with Crippen molar-refractivity contribution in [3.63, 3.8) is 0 Å². The third-order valence-corrected chi connectivity index (χ3v) is 1.16. The molecular formula is C6H9NO6. The Kier molecular flexibility index (Phi) is 4.45. The quantitative estimate of drug-likeness (QED) is 0.399. The summed E-state index contributed by atoms with van der Waals surface area (Å²) in [4.78, 5) is 30.9. The van der Waals surface area contributed by atoms with E-state index in [1.807, 2.05) is 5.32 Å². The van der Waals surface area contributed by atoms with Crippen LogP contribution in [0.4, 0.5) is 0 Å². The molecule has 7 heteroatoms. The Labute approximate surface area is 73.0 Å². The molecule has 0 aliphatic carbocycles. The topological polar surface area (TPSA) is 124 Å². The smallest absolute Gasteiger partial charge is 0.326 e. The van der Waals surface area contributed by atoms with Crippen LogP contribution in [0.3, 0.4) is 0 Å². The molecule has 4 N–H and O–H groups in total. The summed E-state index contributed by atoms with van der Waals surface area (Å²) < 4.78 is 0. The first-order chi connectivity index (χ1) is 5.97. The van der Waals surface area contributed by atoms with Gasteiger partial charge in [-0.05, 0) is 0 Å². The zero-order valence-corrected chi connectivity index (χ0v) is 6.56. The number of nitrogens with one attached hydrogen (secondary N) is 1. The Bertz CT molecular complexity index is 225. The normalized spacial score (nSPS) is 11.8. The van der Waals surface area contributed by atoms with Gasteiger partial charge in [-0.15, -0.1) is 0 Å². The van der Waals surface area contributed by atoms with Crippen molar-refractivity contribution >= 4 is 17.8 Å². The van der Waals surface area contributed by atoms with Crippen molar-refractivity contribution in [1.29, 1.82) is 0 Å². The second kappa shape index (κ2) is 5.09. The lowest BCUT2D eigenvalue weighted by molar-refractivity contribution is -0.147. The van der Waals surface area contributed by atoms with E-state index in [-0.39, 0.29) is 0 Å². The van der Waals surface area contributed by atoms with Crippen molar-refractivity contribution in [2.45, 2.75) is 12.5 Å². The van der Waals surface area contributed by atoms with Crippen LogP contribution in [0.15, 0.2) is 0 Å². The third-order valence-electron chi connectivity index (χ3n) is 1.16. The maximum atomic E-state index is 10.5. The summed E-state index contributed by atoms with van der Waals surface area (Å²) in [5.41, 5.74) is 0. The van der Waals surface area contributed by atoms with Crippen LogP contribution >= 0.6 is 0 Å². The molecule has 0 aliphatic heterocycles. The number of aliphatic carboxylic acids is 2. The van der Waals surface area contributed by atoms with Crippen molar-refractivity contribution in [1.82, 2.24) is 5.32 Å². The van der Waals surface area contributed by atoms with Crippen LogP contribution < -0.4 is 5.32 Å². The lowest BCUT2D eigenvalue weighted by Gasteiger charge is -2.10. The number of amides is 1. The molecule has 0 saturated heterocycles. The fraction of sp³-hybridized carbons (Fsp3) is 0.500. The SMILES string of the molecule is O=C(O)C[C@H](NC(=O)CO)C(=O)O. The number of carboxylic acid groups (broad SMARTS) is 2. The van der Waals surface area contributed by atoms with Gasteiger partial charge in [0, 0.05) is 0 Å². The molecule has 0 radical (unpaired) electrons. The minimum atomic E-state index is -1.50. The Morgan fingerprint density at radius 2 is 1.77 bits per heavy atom. The number of hydrogen-bond donors (Lipinski definition) is 4. The van der Waals surface area contributed by atoms with E-state index in [2.05, 4.69) is 0 Å². The largest absolute Gasteiger partial charge is 0.481 e. The molecule has 0 aromatic heterocycles. The van der Waals surface area contributed by atoms with Crippen molar-refractivity contribution in [3.8, 4) is 0 Å². The molecule has 0 aromatic carbocycles. The number of rotatable bonds is 5. The Balaban J connectivity index is 4.18. The monoisotopic (exact) mass is 191 g/mol. The van der Waals surface area contributed by atoms with E-state index in [1.165, 1.54) is 0 Å². The van der Waals surface area contributed by atoms with Crippen LogP contribution in [-0.2, 0) is 14.4 Å². The molecule has 0 rings (SSSR count).